The number of rotatable bonds is 3. The standard InChI is InChI=1S/C12H19NOS/c1-12(2,3)9-4-6-10(7-5-9)15-11(13)8-14/h4-7,11,14H,8,13H2,1-3H3. The Bertz CT molecular complexity index is 302. The molecule has 0 aliphatic carbocycles. The molecule has 0 spiro atoms. The second-order valence-electron chi connectivity index (χ2n) is 4.61. The molecule has 0 amide bonds. The molecule has 0 bridgehead atoms. The molecule has 2 nitrogen and oxygen atoms in total. The Morgan fingerprint density at radius 3 is 2.20 bits per heavy atom. The molecule has 1 atom stereocenters. The molecule has 1 unspecified atom stereocenters. The summed E-state index contributed by atoms with van der Waals surface area (Å²) in [6.45, 7) is 6.57. The van der Waals surface area contributed by atoms with Gasteiger partial charge in [-0.05, 0) is 23.1 Å². The van der Waals surface area contributed by atoms with E-state index in [0.717, 1.165) is 4.90 Å². The zero-order valence-electron chi connectivity index (χ0n) is 9.53. The van der Waals surface area contributed by atoms with E-state index in [1.54, 1.807) is 0 Å². The lowest BCUT2D eigenvalue weighted by Crippen LogP contribution is -2.19. The average molecular weight is 225 g/mol. The fourth-order valence-electron chi connectivity index (χ4n) is 1.25. The van der Waals surface area contributed by atoms with E-state index in [4.69, 9.17) is 10.8 Å². The Morgan fingerprint density at radius 1 is 1.27 bits per heavy atom. The van der Waals surface area contributed by atoms with Crippen molar-refractivity contribution in [2.75, 3.05) is 6.61 Å². The summed E-state index contributed by atoms with van der Waals surface area (Å²) < 4.78 is 0. The molecule has 0 aromatic heterocycles. The lowest BCUT2D eigenvalue weighted by molar-refractivity contribution is 0.296. The lowest BCUT2D eigenvalue weighted by atomic mass is 9.87. The maximum atomic E-state index is 8.83. The van der Waals surface area contributed by atoms with Gasteiger partial charge in [-0.25, -0.2) is 0 Å². The van der Waals surface area contributed by atoms with Crippen LogP contribution in [-0.4, -0.2) is 17.1 Å². The number of hydrogen-bond acceptors (Lipinski definition) is 3. The number of benzene rings is 1. The van der Waals surface area contributed by atoms with Gasteiger partial charge in [-0.15, -0.1) is 11.8 Å². The molecule has 1 rings (SSSR count). The van der Waals surface area contributed by atoms with E-state index in [9.17, 15) is 0 Å². The summed E-state index contributed by atoms with van der Waals surface area (Å²) >= 11 is 1.49. The Kier molecular flexibility index (Phi) is 4.20. The SMILES string of the molecule is CC(C)(C)c1ccc(SC(N)CO)cc1. The molecule has 3 N–H and O–H groups in total. The second kappa shape index (κ2) is 5.01. The zero-order valence-corrected chi connectivity index (χ0v) is 10.3. The summed E-state index contributed by atoms with van der Waals surface area (Å²) in [4.78, 5) is 1.10. The molecule has 0 aliphatic rings. The van der Waals surface area contributed by atoms with Crippen LogP contribution in [0.3, 0.4) is 0 Å². The molecule has 0 saturated heterocycles. The van der Waals surface area contributed by atoms with Gasteiger partial charge in [-0.2, -0.15) is 0 Å². The first-order valence-corrected chi connectivity index (χ1v) is 5.95. The largest absolute Gasteiger partial charge is 0.394 e. The van der Waals surface area contributed by atoms with E-state index >= 15 is 0 Å². The maximum absolute atomic E-state index is 8.83. The molecule has 0 saturated carbocycles. The highest BCUT2D eigenvalue weighted by Crippen LogP contribution is 2.26. The summed E-state index contributed by atoms with van der Waals surface area (Å²) in [5.41, 5.74) is 7.13. The van der Waals surface area contributed by atoms with Crippen LogP contribution in [0.4, 0.5) is 0 Å². The molecule has 0 aliphatic heterocycles. The third-order valence-electron chi connectivity index (χ3n) is 2.19. The minimum absolute atomic E-state index is 0.00564. The highest BCUT2D eigenvalue weighted by molar-refractivity contribution is 7.99. The molecular weight excluding hydrogens is 206 g/mol. The van der Waals surface area contributed by atoms with E-state index in [-0.39, 0.29) is 17.4 Å². The minimum atomic E-state index is -0.231. The predicted molar refractivity (Wildman–Crippen MR) is 66.1 cm³/mol. The van der Waals surface area contributed by atoms with Gasteiger partial charge >= 0.3 is 0 Å². The van der Waals surface area contributed by atoms with Crippen LogP contribution in [0.1, 0.15) is 26.3 Å². The van der Waals surface area contributed by atoms with Crippen molar-refractivity contribution in [1.29, 1.82) is 0 Å². The van der Waals surface area contributed by atoms with Crippen LogP contribution >= 0.6 is 11.8 Å². The maximum Gasteiger partial charge on any atom is 0.0789 e. The van der Waals surface area contributed by atoms with Gasteiger partial charge in [0.15, 0.2) is 0 Å². The van der Waals surface area contributed by atoms with Gasteiger partial charge in [0.1, 0.15) is 0 Å². The Balaban J connectivity index is 2.73. The number of nitrogens with two attached hydrogens (primary N) is 1. The third-order valence-corrected chi connectivity index (χ3v) is 3.18. The monoisotopic (exact) mass is 225 g/mol. The number of aliphatic hydroxyl groups excluding tert-OH is 1. The summed E-state index contributed by atoms with van der Waals surface area (Å²) in [6.07, 6.45) is 0. The van der Waals surface area contributed by atoms with E-state index in [1.165, 1.54) is 17.3 Å². The van der Waals surface area contributed by atoms with Crippen LogP contribution in [0.2, 0.25) is 0 Å². The summed E-state index contributed by atoms with van der Waals surface area (Å²) in [5, 5.41) is 8.60. The molecule has 0 radical (unpaired) electrons. The predicted octanol–water partition coefficient (Wildman–Crippen LogP) is 2.35. The highest BCUT2D eigenvalue weighted by Gasteiger charge is 2.13. The molecule has 0 fully saturated rings. The second-order valence-corrected chi connectivity index (χ2v) is 5.93. The van der Waals surface area contributed by atoms with Gasteiger partial charge in [-0.1, -0.05) is 32.9 Å². The van der Waals surface area contributed by atoms with Gasteiger partial charge in [0.25, 0.3) is 0 Å². The van der Waals surface area contributed by atoms with Crippen molar-refractivity contribution < 1.29 is 5.11 Å². The molecule has 84 valence electrons. The van der Waals surface area contributed by atoms with E-state index in [2.05, 4.69) is 45.0 Å². The van der Waals surface area contributed by atoms with Crippen LogP contribution in [0.5, 0.6) is 0 Å². The van der Waals surface area contributed by atoms with Crippen molar-refractivity contribution in [2.45, 2.75) is 36.5 Å². The normalized spacial score (nSPS) is 13.9. The molecular formula is C12H19NOS. The van der Waals surface area contributed by atoms with Crippen LogP contribution in [0.25, 0.3) is 0 Å². The molecule has 15 heavy (non-hydrogen) atoms. The first-order valence-electron chi connectivity index (χ1n) is 5.07. The number of aliphatic hydroxyl groups is 1. The zero-order chi connectivity index (χ0) is 11.5. The van der Waals surface area contributed by atoms with Crippen molar-refractivity contribution in [3.8, 4) is 0 Å². The van der Waals surface area contributed by atoms with E-state index < -0.39 is 0 Å². The van der Waals surface area contributed by atoms with Crippen LogP contribution in [-0.2, 0) is 5.41 Å². The molecule has 3 heteroatoms. The van der Waals surface area contributed by atoms with Crippen molar-refractivity contribution in [3.05, 3.63) is 29.8 Å². The van der Waals surface area contributed by atoms with Crippen molar-refractivity contribution in [1.82, 2.24) is 0 Å². The Labute approximate surface area is 95.9 Å². The first-order chi connectivity index (χ1) is 6.93. The topological polar surface area (TPSA) is 46.2 Å². The molecule has 1 aromatic rings. The van der Waals surface area contributed by atoms with Gasteiger partial charge in [0.2, 0.25) is 0 Å². The number of hydrogen-bond donors (Lipinski definition) is 2. The van der Waals surface area contributed by atoms with Gasteiger partial charge in [-0.3, -0.25) is 0 Å². The summed E-state index contributed by atoms with van der Waals surface area (Å²) in [5.74, 6) is 0. The first kappa shape index (κ1) is 12.6. The fraction of sp³-hybridized carbons (Fsp3) is 0.500. The molecule has 0 heterocycles. The van der Waals surface area contributed by atoms with Crippen molar-refractivity contribution in [2.24, 2.45) is 5.73 Å². The average Bonchev–Trinajstić information content (AvgIpc) is 2.17. The van der Waals surface area contributed by atoms with Crippen LogP contribution < -0.4 is 5.73 Å². The van der Waals surface area contributed by atoms with Crippen molar-refractivity contribution in [3.63, 3.8) is 0 Å². The van der Waals surface area contributed by atoms with Crippen LogP contribution in [0.15, 0.2) is 29.2 Å². The lowest BCUT2D eigenvalue weighted by Gasteiger charge is -2.19. The molecule has 1 aromatic carbocycles. The quantitative estimate of drug-likeness (QED) is 0.613. The highest BCUT2D eigenvalue weighted by atomic mass is 32.2. The van der Waals surface area contributed by atoms with Crippen LogP contribution in [0, 0.1) is 0 Å². The minimum Gasteiger partial charge on any atom is -0.394 e. The van der Waals surface area contributed by atoms with E-state index in [0.29, 0.717) is 0 Å². The summed E-state index contributed by atoms with van der Waals surface area (Å²) in [7, 11) is 0. The fourth-order valence-corrected chi connectivity index (χ4v) is 1.96. The Morgan fingerprint density at radius 2 is 1.80 bits per heavy atom. The van der Waals surface area contributed by atoms with Gasteiger partial charge in [0.05, 0.1) is 12.0 Å². The van der Waals surface area contributed by atoms with E-state index in [1.807, 2.05) is 0 Å². The van der Waals surface area contributed by atoms with Gasteiger partial charge < -0.3 is 10.8 Å². The summed E-state index contributed by atoms with van der Waals surface area (Å²) in [6, 6.07) is 8.35. The number of thioether (sulfide) groups is 1. The third kappa shape index (κ3) is 3.86. The Hall–Kier alpha value is -0.510. The van der Waals surface area contributed by atoms with Gasteiger partial charge in [0, 0.05) is 4.90 Å². The van der Waals surface area contributed by atoms with Crippen molar-refractivity contribution >= 4 is 11.8 Å². The smallest absolute Gasteiger partial charge is 0.0789 e.